The van der Waals surface area contributed by atoms with E-state index in [2.05, 4.69) is 22.9 Å². The van der Waals surface area contributed by atoms with E-state index in [1.807, 2.05) is 17.8 Å². The van der Waals surface area contributed by atoms with Gasteiger partial charge in [-0.25, -0.2) is 0 Å². The quantitative estimate of drug-likeness (QED) is 0.751. The van der Waals surface area contributed by atoms with E-state index < -0.39 is 0 Å². The van der Waals surface area contributed by atoms with Gasteiger partial charge in [0.1, 0.15) is 5.76 Å². The summed E-state index contributed by atoms with van der Waals surface area (Å²) in [6.07, 6.45) is 0. The second kappa shape index (κ2) is 5.99. The molecular weight excluding hydrogens is 272 g/mol. The minimum atomic E-state index is 0.476. The van der Waals surface area contributed by atoms with Crippen LogP contribution in [-0.4, -0.2) is 11.1 Å². The van der Waals surface area contributed by atoms with E-state index >= 15 is 0 Å². The highest BCUT2D eigenvalue weighted by atomic mass is 79.9. The summed E-state index contributed by atoms with van der Waals surface area (Å²) >= 11 is 11.0. The maximum Gasteiger partial charge on any atom is 0.193 e. The van der Waals surface area contributed by atoms with Crippen molar-refractivity contribution in [3.05, 3.63) is 23.1 Å². The minimum Gasteiger partial charge on any atom is -0.449 e. The minimum absolute atomic E-state index is 0.476. The maximum absolute atomic E-state index is 5.65. The van der Waals surface area contributed by atoms with Gasteiger partial charge in [-0.2, -0.15) is 11.8 Å². The Morgan fingerprint density at radius 3 is 2.92 bits per heavy atom. The molecule has 0 aromatic carbocycles. The largest absolute Gasteiger partial charge is 0.449 e. The highest BCUT2D eigenvalue weighted by Gasteiger charge is 2.02. The molecule has 13 heavy (non-hydrogen) atoms. The topological polar surface area (TPSA) is 13.1 Å². The van der Waals surface area contributed by atoms with Crippen molar-refractivity contribution in [1.29, 1.82) is 0 Å². The number of furan rings is 1. The lowest BCUT2D eigenvalue weighted by Gasteiger charge is -2.04. The van der Waals surface area contributed by atoms with Crippen LogP contribution in [0.4, 0.5) is 0 Å². The van der Waals surface area contributed by atoms with Gasteiger partial charge in [0.15, 0.2) is 5.22 Å². The predicted molar refractivity (Wildman–Crippen MR) is 62.8 cm³/mol. The Balaban J connectivity index is 2.20. The summed E-state index contributed by atoms with van der Waals surface area (Å²) in [7, 11) is 0. The van der Waals surface area contributed by atoms with Crippen LogP contribution in [0.2, 0.25) is 5.22 Å². The van der Waals surface area contributed by atoms with Gasteiger partial charge in [-0.3, -0.25) is 0 Å². The number of rotatable bonds is 5. The zero-order valence-electron chi connectivity index (χ0n) is 7.43. The Hall–Kier alpha value is 0.400. The van der Waals surface area contributed by atoms with Crippen LogP contribution in [0.5, 0.6) is 0 Å². The molecule has 1 heterocycles. The van der Waals surface area contributed by atoms with Crippen LogP contribution in [-0.2, 0) is 5.75 Å². The average Bonchev–Trinajstić information content (AvgIpc) is 2.51. The highest BCUT2D eigenvalue weighted by molar-refractivity contribution is 9.09. The molecule has 74 valence electrons. The molecule has 1 aromatic rings. The van der Waals surface area contributed by atoms with E-state index in [-0.39, 0.29) is 0 Å². The summed E-state index contributed by atoms with van der Waals surface area (Å²) in [6, 6.07) is 3.71. The molecule has 0 bridgehead atoms. The molecule has 1 atom stereocenters. The Bertz CT molecular complexity index is 252. The van der Waals surface area contributed by atoms with Crippen LogP contribution >= 0.6 is 39.3 Å². The lowest BCUT2D eigenvalue weighted by molar-refractivity contribution is 0.532. The molecule has 1 rings (SSSR count). The number of hydrogen-bond donors (Lipinski definition) is 0. The first-order valence-electron chi connectivity index (χ1n) is 4.10. The fourth-order valence-corrected chi connectivity index (χ4v) is 2.52. The Morgan fingerprint density at radius 1 is 1.62 bits per heavy atom. The summed E-state index contributed by atoms with van der Waals surface area (Å²) < 4.78 is 5.23. The van der Waals surface area contributed by atoms with E-state index in [9.17, 15) is 0 Å². The molecule has 0 amide bonds. The molecule has 1 aromatic heterocycles. The van der Waals surface area contributed by atoms with E-state index in [1.165, 1.54) is 0 Å². The van der Waals surface area contributed by atoms with Crippen LogP contribution in [0.3, 0.4) is 0 Å². The highest BCUT2D eigenvalue weighted by Crippen LogP contribution is 2.20. The predicted octanol–water partition coefficient (Wildman–Crippen LogP) is 4.20. The summed E-state index contributed by atoms with van der Waals surface area (Å²) in [5.74, 6) is 3.71. The third-order valence-electron chi connectivity index (χ3n) is 1.54. The fraction of sp³-hybridized carbons (Fsp3) is 0.556. The molecule has 0 aliphatic heterocycles. The number of thioether (sulfide) groups is 1. The van der Waals surface area contributed by atoms with Crippen LogP contribution < -0.4 is 0 Å². The summed E-state index contributed by atoms with van der Waals surface area (Å²) in [6.45, 7) is 2.22. The molecule has 0 saturated carbocycles. The Labute approximate surface area is 96.3 Å². The number of alkyl halides is 1. The van der Waals surface area contributed by atoms with Gasteiger partial charge in [-0.1, -0.05) is 22.9 Å². The van der Waals surface area contributed by atoms with Gasteiger partial charge in [0.2, 0.25) is 0 Å². The molecule has 0 aliphatic carbocycles. The zero-order valence-corrected chi connectivity index (χ0v) is 10.6. The van der Waals surface area contributed by atoms with Crippen molar-refractivity contribution in [1.82, 2.24) is 0 Å². The lowest BCUT2D eigenvalue weighted by Crippen LogP contribution is -1.98. The maximum atomic E-state index is 5.65. The van der Waals surface area contributed by atoms with Crippen molar-refractivity contribution in [3.63, 3.8) is 0 Å². The van der Waals surface area contributed by atoms with Gasteiger partial charge in [-0.05, 0) is 35.4 Å². The lowest BCUT2D eigenvalue weighted by atomic mass is 10.3. The first-order valence-corrected chi connectivity index (χ1v) is 6.75. The number of hydrogen-bond acceptors (Lipinski definition) is 2. The third kappa shape index (κ3) is 4.43. The Morgan fingerprint density at radius 2 is 2.38 bits per heavy atom. The molecule has 0 radical (unpaired) electrons. The first kappa shape index (κ1) is 11.5. The summed E-state index contributed by atoms with van der Waals surface area (Å²) in [5, 5.41) is 1.53. The van der Waals surface area contributed by atoms with Gasteiger partial charge in [0.25, 0.3) is 0 Å². The van der Waals surface area contributed by atoms with Gasteiger partial charge in [0, 0.05) is 5.33 Å². The molecule has 1 unspecified atom stereocenters. The van der Waals surface area contributed by atoms with Crippen molar-refractivity contribution >= 4 is 39.3 Å². The molecule has 1 nitrogen and oxygen atoms in total. The molecule has 0 aliphatic rings. The zero-order chi connectivity index (χ0) is 9.68. The van der Waals surface area contributed by atoms with Crippen LogP contribution in [0.15, 0.2) is 16.5 Å². The van der Waals surface area contributed by atoms with Crippen LogP contribution in [0.25, 0.3) is 0 Å². The van der Waals surface area contributed by atoms with Gasteiger partial charge in [-0.15, -0.1) is 0 Å². The SMILES string of the molecule is CC(CBr)CSCc1ccc(Cl)o1. The van der Waals surface area contributed by atoms with Crippen molar-refractivity contribution in [2.45, 2.75) is 12.7 Å². The van der Waals surface area contributed by atoms with Crippen molar-refractivity contribution < 1.29 is 4.42 Å². The monoisotopic (exact) mass is 282 g/mol. The fourth-order valence-electron chi connectivity index (χ4n) is 0.835. The van der Waals surface area contributed by atoms with Crippen molar-refractivity contribution in [2.75, 3.05) is 11.1 Å². The Kier molecular flexibility index (Phi) is 5.29. The molecule has 0 fully saturated rings. The van der Waals surface area contributed by atoms with Gasteiger partial charge < -0.3 is 4.42 Å². The third-order valence-corrected chi connectivity index (χ3v) is 4.14. The van der Waals surface area contributed by atoms with E-state index in [1.54, 1.807) is 6.07 Å². The van der Waals surface area contributed by atoms with Gasteiger partial charge >= 0.3 is 0 Å². The molecular formula is C9H12BrClOS. The number of halogens is 2. The van der Waals surface area contributed by atoms with E-state index in [4.69, 9.17) is 16.0 Å². The second-order valence-electron chi connectivity index (χ2n) is 2.98. The van der Waals surface area contributed by atoms with E-state index in [0.717, 1.165) is 22.6 Å². The smallest absolute Gasteiger partial charge is 0.193 e. The first-order chi connectivity index (χ1) is 6.22. The van der Waals surface area contributed by atoms with Crippen LogP contribution in [0.1, 0.15) is 12.7 Å². The normalized spacial score (nSPS) is 13.2. The van der Waals surface area contributed by atoms with E-state index in [0.29, 0.717) is 11.1 Å². The summed E-state index contributed by atoms with van der Waals surface area (Å²) in [5.41, 5.74) is 0. The van der Waals surface area contributed by atoms with Crippen LogP contribution in [0, 0.1) is 5.92 Å². The van der Waals surface area contributed by atoms with Gasteiger partial charge in [0.05, 0.1) is 5.75 Å². The second-order valence-corrected chi connectivity index (χ2v) is 5.03. The van der Waals surface area contributed by atoms with Crippen molar-refractivity contribution in [2.24, 2.45) is 5.92 Å². The average molecular weight is 284 g/mol. The molecule has 0 spiro atoms. The summed E-state index contributed by atoms with van der Waals surface area (Å²) in [4.78, 5) is 0. The van der Waals surface area contributed by atoms with Crippen molar-refractivity contribution in [3.8, 4) is 0 Å². The molecule has 4 heteroatoms. The standard InChI is InChI=1S/C9H12BrClOS/c1-7(4-10)5-13-6-8-2-3-9(11)12-8/h2-3,7H,4-6H2,1H3. The molecule has 0 N–H and O–H groups in total. The molecule has 0 saturated heterocycles.